The number of primary amides is 1. The largest absolute Gasteiger partial charge is 0.480 e. The third-order valence-corrected chi connectivity index (χ3v) is 4.35. The number of carbonyl (C=O) groups excluding carboxylic acids is 4. The zero-order valence-corrected chi connectivity index (χ0v) is 18.4. The number of rotatable bonds is 17. The minimum atomic E-state index is -1.53. The lowest BCUT2D eigenvalue weighted by molar-refractivity contribution is -0.143. The molecule has 0 fully saturated rings. The van der Waals surface area contributed by atoms with Gasteiger partial charge < -0.3 is 49.7 Å². The van der Waals surface area contributed by atoms with Gasteiger partial charge in [0.15, 0.2) is 5.96 Å². The average molecular weight is 474 g/mol. The van der Waals surface area contributed by atoms with Crippen molar-refractivity contribution in [1.29, 1.82) is 0 Å². The number of carboxylic acid groups (broad SMARTS) is 1. The van der Waals surface area contributed by atoms with Crippen molar-refractivity contribution in [3.63, 3.8) is 0 Å². The molecule has 0 heterocycles. The van der Waals surface area contributed by atoms with Crippen LogP contribution in [0.25, 0.3) is 0 Å². The number of aliphatic carboxylic acids is 1. The number of nitrogens with one attached hydrogen (secondary N) is 3. The lowest BCUT2D eigenvalue weighted by Crippen LogP contribution is -2.53. The molecule has 0 aliphatic carbocycles. The molecule has 0 saturated heterocycles. The maximum absolute atomic E-state index is 12.6. The molecule has 0 saturated carbocycles. The van der Waals surface area contributed by atoms with Gasteiger partial charge in [0.1, 0.15) is 12.1 Å². The summed E-state index contributed by atoms with van der Waals surface area (Å²) in [7, 11) is 0. The first-order valence-corrected chi connectivity index (χ1v) is 10.4. The fourth-order valence-electron chi connectivity index (χ4n) is 2.63. The number of nitrogens with zero attached hydrogens (tertiary/aromatic N) is 1. The Kier molecular flexibility index (Phi) is 14.5. The van der Waals surface area contributed by atoms with Crippen molar-refractivity contribution in [2.75, 3.05) is 19.6 Å². The van der Waals surface area contributed by atoms with Gasteiger partial charge >= 0.3 is 5.97 Å². The van der Waals surface area contributed by atoms with Crippen LogP contribution in [0.15, 0.2) is 4.99 Å². The van der Waals surface area contributed by atoms with Gasteiger partial charge in [0.2, 0.25) is 23.6 Å². The molecule has 15 nitrogen and oxygen atoms in total. The van der Waals surface area contributed by atoms with E-state index in [0.717, 1.165) is 0 Å². The third-order valence-electron chi connectivity index (χ3n) is 4.35. The molecule has 3 atom stereocenters. The molecule has 0 aliphatic heterocycles. The van der Waals surface area contributed by atoms with Gasteiger partial charge in [-0.15, -0.1) is 0 Å². The smallest absolute Gasteiger partial charge is 0.326 e. The molecule has 0 bridgehead atoms. The van der Waals surface area contributed by atoms with Crippen LogP contribution in [0.3, 0.4) is 0 Å². The van der Waals surface area contributed by atoms with Crippen molar-refractivity contribution < 1.29 is 29.1 Å². The number of hydrogen-bond acceptors (Lipinski definition) is 8. The molecular formula is C18H35N9O6. The molecule has 0 aromatic heterocycles. The predicted octanol–water partition coefficient (Wildman–Crippen LogP) is -4.46. The van der Waals surface area contributed by atoms with Crippen LogP contribution in [0, 0.1) is 0 Å². The highest BCUT2D eigenvalue weighted by atomic mass is 16.4. The molecule has 0 aromatic rings. The zero-order valence-electron chi connectivity index (χ0n) is 18.4. The van der Waals surface area contributed by atoms with Gasteiger partial charge in [0, 0.05) is 6.54 Å². The second kappa shape index (κ2) is 16.2. The highest BCUT2D eigenvalue weighted by Crippen LogP contribution is 2.03. The SMILES string of the molecule is NCCCCC(N)C(=O)NC(CCCN=C(N)N)C(=O)NCC(=O)NC(CC(N)=O)C(=O)O. The molecule has 33 heavy (non-hydrogen) atoms. The summed E-state index contributed by atoms with van der Waals surface area (Å²) in [4.78, 5) is 62.7. The van der Waals surface area contributed by atoms with Gasteiger partial charge in [-0.05, 0) is 32.2 Å². The lowest BCUT2D eigenvalue weighted by Gasteiger charge is -2.21. The number of amides is 4. The van der Waals surface area contributed by atoms with E-state index in [4.69, 9.17) is 33.8 Å². The zero-order chi connectivity index (χ0) is 25.4. The van der Waals surface area contributed by atoms with Crippen LogP contribution in [-0.2, 0) is 24.0 Å². The van der Waals surface area contributed by atoms with E-state index in [1.165, 1.54) is 0 Å². The van der Waals surface area contributed by atoms with Gasteiger partial charge in [0.25, 0.3) is 0 Å². The summed E-state index contributed by atoms with van der Waals surface area (Å²) >= 11 is 0. The van der Waals surface area contributed by atoms with Crippen molar-refractivity contribution in [1.82, 2.24) is 16.0 Å². The van der Waals surface area contributed by atoms with Crippen LogP contribution >= 0.6 is 0 Å². The number of nitrogens with two attached hydrogens (primary N) is 5. The summed E-state index contributed by atoms with van der Waals surface area (Å²) < 4.78 is 0. The number of carbonyl (C=O) groups is 5. The average Bonchev–Trinajstić information content (AvgIpc) is 2.72. The Balaban J connectivity index is 4.96. The van der Waals surface area contributed by atoms with E-state index in [9.17, 15) is 24.0 Å². The number of hydrogen-bond donors (Lipinski definition) is 9. The first kappa shape index (κ1) is 29.5. The van der Waals surface area contributed by atoms with E-state index < -0.39 is 60.7 Å². The van der Waals surface area contributed by atoms with Gasteiger partial charge in [-0.1, -0.05) is 6.42 Å². The van der Waals surface area contributed by atoms with Crippen LogP contribution in [0.4, 0.5) is 0 Å². The Morgan fingerprint density at radius 2 is 1.55 bits per heavy atom. The molecule has 3 unspecified atom stereocenters. The highest BCUT2D eigenvalue weighted by Gasteiger charge is 2.25. The van der Waals surface area contributed by atoms with Crippen molar-refractivity contribution >= 4 is 35.6 Å². The highest BCUT2D eigenvalue weighted by molar-refractivity contribution is 5.93. The maximum atomic E-state index is 12.6. The van der Waals surface area contributed by atoms with E-state index in [2.05, 4.69) is 20.9 Å². The molecule has 0 radical (unpaired) electrons. The van der Waals surface area contributed by atoms with Gasteiger partial charge in [-0.2, -0.15) is 0 Å². The monoisotopic (exact) mass is 473 g/mol. The number of carboxylic acids is 1. The molecule has 188 valence electrons. The minimum Gasteiger partial charge on any atom is -0.480 e. The Labute approximate surface area is 191 Å². The van der Waals surface area contributed by atoms with E-state index >= 15 is 0 Å². The van der Waals surface area contributed by atoms with Crippen molar-refractivity contribution in [3.05, 3.63) is 0 Å². The first-order valence-electron chi connectivity index (χ1n) is 10.4. The standard InChI is InChI=1S/C18H35N9O6/c19-6-2-1-4-10(20)15(30)27-11(5-3-7-24-18(22)23)16(31)25-9-14(29)26-12(17(32)33)8-13(21)28/h10-12H,1-9,19-20H2,(H2,21,28)(H,25,31)(H,26,29)(H,27,30)(H,32,33)(H4,22,23,24). The summed E-state index contributed by atoms with van der Waals surface area (Å²) in [5, 5.41) is 15.9. The van der Waals surface area contributed by atoms with Crippen molar-refractivity contribution in [3.8, 4) is 0 Å². The number of guanidine groups is 1. The van der Waals surface area contributed by atoms with E-state index in [1.807, 2.05) is 0 Å². The van der Waals surface area contributed by atoms with Gasteiger partial charge in [-0.25, -0.2) is 4.79 Å². The number of aliphatic imine (C=N–C) groups is 1. The summed E-state index contributed by atoms with van der Waals surface area (Å²) in [5.74, 6) is -4.60. The molecule has 0 rings (SSSR count). The first-order chi connectivity index (χ1) is 15.5. The molecule has 0 aliphatic rings. The topological polar surface area (TPSA) is 284 Å². The van der Waals surface area contributed by atoms with E-state index in [1.54, 1.807) is 0 Å². The van der Waals surface area contributed by atoms with Crippen LogP contribution in [0.2, 0.25) is 0 Å². The van der Waals surface area contributed by atoms with E-state index in [0.29, 0.717) is 32.2 Å². The quantitative estimate of drug-likeness (QED) is 0.0554. The summed E-state index contributed by atoms with van der Waals surface area (Å²) in [5.41, 5.74) is 26.7. The lowest BCUT2D eigenvalue weighted by atomic mass is 10.1. The van der Waals surface area contributed by atoms with Gasteiger partial charge in [-0.3, -0.25) is 24.2 Å². The summed E-state index contributed by atoms with van der Waals surface area (Å²) in [6.45, 7) is 0.0804. The minimum absolute atomic E-state index is 0.123. The fourth-order valence-corrected chi connectivity index (χ4v) is 2.63. The molecule has 15 heteroatoms. The molecule has 0 aromatic carbocycles. The molecule has 0 spiro atoms. The second-order valence-corrected chi connectivity index (χ2v) is 7.25. The fraction of sp³-hybridized carbons (Fsp3) is 0.667. The predicted molar refractivity (Wildman–Crippen MR) is 119 cm³/mol. The van der Waals surface area contributed by atoms with Crippen molar-refractivity contribution in [2.45, 2.75) is 56.7 Å². The summed E-state index contributed by atoms with van der Waals surface area (Å²) in [6, 6.07) is -3.42. The van der Waals surface area contributed by atoms with Crippen LogP contribution < -0.4 is 44.6 Å². The normalized spacial score (nSPS) is 13.2. The van der Waals surface area contributed by atoms with Gasteiger partial charge in [0.05, 0.1) is 19.0 Å². The molecular weight excluding hydrogens is 438 g/mol. The molecule has 14 N–H and O–H groups in total. The van der Waals surface area contributed by atoms with Crippen LogP contribution in [0.1, 0.15) is 38.5 Å². The maximum Gasteiger partial charge on any atom is 0.326 e. The second-order valence-electron chi connectivity index (χ2n) is 7.25. The Morgan fingerprint density at radius 3 is 2.09 bits per heavy atom. The summed E-state index contributed by atoms with van der Waals surface area (Å²) in [6.07, 6.45) is 1.59. The third kappa shape index (κ3) is 14.3. The van der Waals surface area contributed by atoms with E-state index in [-0.39, 0.29) is 18.9 Å². The number of unbranched alkanes of at least 4 members (excludes halogenated alkanes) is 1. The Morgan fingerprint density at radius 1 is 0.879 bits per heavy atom. The molecule has 4 amide bonds. The van der Waals surface area contributed by atoms with Crippen LogP contribution in [-0.4, -0.2) is 78.4 Å². The van der Waals surface area contributed by atoms with Crippen LogP contribution in [0.5, 0.6) is 0 Å². The Hall–Kier alpha value is -3.46. The van der Waals surface area contributed by atoms with Crippen molar-refractivity contribution in [2.24, 2.45) is 33.7 Å². The Bertz CT molecular complexity index is 712.